The molecule has 0 spiro atoms. The summed E-state index contributed by atoms with van der Waals surface area (Å²) in [6, 6.07) is 25.8. The van der Waals surface area contributed by atoms with Gasteiger partial charge in [-0.25, -0.2) is 9.37 Å². The second kappa shape index (κ2) is 9.66. The topological polar surface area (TPSA) is 68.3 Å². The third kappa shape index (κ3) is 5.05. The summed E-state index contributed by atoms with van der Waals surface area (Å²) in [7, 11) is 0. The molecule has 0 radical (unpaired) electrons. The van der Waals surface area contributed by atoms with E-state index in [0.717, 1.165) is 17.8 Å². The molecule has 1 aromatic heterocycles. The van der Waals surface area contributed by atoms with Gasteiger partial charge in [-0.15, -0.1) is 0 Å². The zero-order valence-electron chi connectivity index (χ0n) is 17.0. The first-order chi connectivity index (χ1) is 15.6. The maximum atomic E-state index is 13.8. The van der Waals surface area contributed by atoms with Gasteiger partial charge in [0.1, 0.15) is 17.1 Å². The van der Waals surface area contributed by atoms with Gasteiger partial charge in [-0.05, 0) is 23.8 Å². The molecule has 0 unspecified atom stereocenters. The minimum atomic E-state index is -0.657. The quantitative estimate of drug-likeness (QED) is 0.414. The van der Waals surface area contributed by atoms with Crippen LogP contribution in [0.2, 0.25) is 0 Å². The molecule has 4 rings (SSSR count). The molecule has 0 saturated carbocycles. The van der Waals surface area contributed by atoms with Crippen molar-refractivity contribution in [3.8, 4) is 11.6 Å². The van der Waals surface area contributed by atoms with Gasteiger partial charge in [0.25, 0.3) is 5.91 Å². The van der Waals surface area contributed by atoms with Crippen LogP contribution < -0.4 is 10.1 Å². The first-order valence-electron chi connectivity index (χ1n) is 9.95. The van der Waals surface area contributed by atoms with Gasteiger partial charge in [0.2, 0.25) is 5.88 Å². The third-order valence-corrected chi connectivity index (χ3v) is 4.71. The van der Waals surface area contributed by atoms with Crippen LogP contribution in [0, 0.1) is 5.82 Å². The van der Waals surface area contributed by atoms with Crippen molar-refractivity contribution in [2.45, 2.75) is 6.54 Å². The minimum Gasteiger partial charge on any atom is -0.438 e. The van der Waals surface area contributed by atoms with Crippen LogP contribution in [0.15, 0.2) is 97.2 Å². The lowest BCUT2D eigenvalue weighted by atomic mass is 10.0. The number of nitrogens with one attached hydrogen (secondary N) is 1. The molecular weight excluding hydrogens is 407 g/mol. The lowest BCUT2D eigenvalue weighted by Gasteiger charge is -2.11. The molecule has 32 heavy (non-hydrogen) atoms. The van der Waals surface area contributed by atoms with E-state index >= 15 is 0 Å². The van der Waals surface area contributed by atoms with Crippen molar-refractivity contribution in [3.63, 3.8) is 0 Å². The molecule has 0 aliphatic heterocycles. The van der Waals surface area contributed by atoms with E-state index in [1.165, 1.54) is 0 Å². The number of hydrogen-bond donors (Lipinski definition) is 1. The summed E-state index contributed by atoms with van der Waals surface area (Å²) < 4.78 is 19.6. The van der Waals surface area contributed by atoms with Crippen LogP contribution in [-0.2, 0) is 6.54 Å². The molecule has 5 nitrogen and oxygen atoms in total. The Morgan fingerprint density at radius 1 is 0.844 bits per heavy atom. The van der Waals surface area contributed by atoms with E-state index in [9.17, 15) is 14.0 Å². The second-order valence-corrected chi connectivity index (χ2v) is 7.00. The molecule has 0 bridgehead atoms. The number of pyridine rings is 1. The summed E-state index contributed by atoms with van der Waals surface area (Å²) in [6.07, 6.45) is 0.974. The molecule has 1 N–H and O–H groups in total. The zero-order valence-corrected chi connectivity index (χ0v) is 17.0. The Labute approximate surface area is 184 Å². The Morgan fingerprint density at radius 2 is 1.53 bits per heavy atom. The molecule has 6 heteroatoms. The Balaban J connectivity index is 1.54. The number of ether oxygens (including phenoxy) is 1. The number of hydrogen-bond acceptors (Lipinski definition) is 4. The van der Waals surface area contributed by atoms with Gasteiger partial charge >= 0.3 is 0 Å². The van der Waals surface area contributed by atoms with Crippen LogP contribution in [0.25, 0.3) is 0 Å². The lowest BCUT2D eigenvalue weighted by Crippen LogP contribution is -2.23. The molecule has 0 fully saturated rings. The molecule has 1 amide bonds. The first kappa shape index (κ1) is 20.9. The minimum absolute atomic E-state index is 0.0410. The van der Waals surface area contributed by atoms with Crippen molar-refractivity contribution in [2.24, 2.45) is 0 Å². The number of rotatable bonds is 7. The number of carbonyl (C=O) groups excluding carboxylic acids is 2. The molecular formula is C26H19FN2O3. The van der Waals surface area contributed by atoms with Crippen LogP contribution in [-0.4, -0.2) is 16.7 Å². The standard InChI is InChI=1S/C26H19FN2O3/c27-21-15-23(25(31)28-16-18-8-3-1-4-9-18)26(29-17-21)32-22-13-7-12-20(14-22)24(30)19-10-5-2-6-11-19/h1-15,17H,16H2,(H,28,31). The monoisotopic (exact) mass is 426 g/mol. The van der Waals surface area contributed by atoms with E-state index in [4.69, 9.17) is 4.74 Å². The first-order valence-corrected chi connectivity index (χ1v) is 9.95. The molecule has 0 aliphatic rings. The number of carbonyl (C=O) groups is 2. The summed E-state index contributed by atoms with van der Waals surface area (Å²) in [6.45, 7) is 0.274. The second-order valence-electron chi connectivity index (χ2n) is 7.00. The summed E-state index contributed by atoms with van der Waals surface area (Å²) in [5, 5.41) is 2.74. The maximum Gasteiger partial charge on any atom is 0.257 e. The average Bonchev–Trinajstić information content (AvgIpc) is 2.84. The normalized spacial score (nSPS) is 10.4. The van der Waals surface area contributed by atoms with Gasteiger partial charge in [0.15, 0.2) is 5.78 Å². The fourth-order valence-corrected chi connectivity index (χ4v) is 3.11. The fraction of sp³-hybridized carbons (Fsp3) is 0.0385. The number of nitrogens with zero attached hydrogens (tertiary/aromatic N) is 1. The van der Waals surface area contributed by atoms with Crippen molar-refractivity contribution in [1.29, 1.82) is 0 Å². The number of aromatic nitrogens is 1. The molecule has 3 aromatic carbocycles. The van der Waals surface area contributed by atoms with E-state index in [2.05, 4.69) is 10.3 Å². The summed E-state index contributed by atoms with van der Waals surface area (Å²) in [5.41, 5.74) is 1.83. The average molecular weight is 426 g/mol. The van der Waals surface area contributed by atoms with Gasteiger partial charge in [-0.3, -0.25) is 9.59 Å². The van der Waals surface area contributed by atoms with Gasteiger partial charge in [-0.1, -0.05) is 72.8 Å². The Kier molecular flexibility index (Phi) is 6.32. The summed E-state index contributed by atoms with van der Waals surface area (Å²) in [4.78, 5) is 29.3. The predicted molar refractivity (Wildman–Crippen MR) is 118 cm³/mol. The molecule has 158 valence electrons. The molecule has 4 aromatic rings. The van der Waals surface area contributed by atoms with Crippen molar-refractivity contribution < 1.29 is 18.7 Å². The molecule has 1 heterocycles. The van der Waals surface area contributed by atoms with Gasteiger partial charge in [-0.2, -0.15) is 0 Å². The van der Waals surface area contributed by atoms with E-state index in [1.807, 2.05) is 36.4 Å². The fourth-order valence-electron chi connectivity index (χ4n) is 3.11. The maximum absolute atomic E-state index is 13.8. The summed E-state index contributed by atoms with van der Waals surface area (Å²) in [5.74, 6) is -1.09. The number of amides is 1. The van der Waals surface area contributed by atoms with E-state index in [1.54, 1.807) is 48.5 Å². The van der Waals surface area contributed by atoms with Crippen molar-refractivity contribution >= 4 is 11.7 Å². The van der Waals surface area contributed by atoms with Crippen LogP contribution >= 0.6 is 0 Å². The Bertz CT molecular complexity index is 1240. The molecule has 0 aliphatic carbocycles. The van der Waals surface area contributed by atoms with E-state index in [0.29, 0.717) is 16.9 Å². The van der Waals surface area contributed by atoms with Crippen molar-refractivity contribution in [1.82, 2.24) is 10.3 Å². The van der Waals surface area contributed by atoms with E-state index in [-0.39, 0.29) is 23.8 Å². The highest BCUT2D eigenvalue weighted by atomic mass is 19.1. The highest BCUT2D eigenvalue weighted by Gasteiger charge is 2.17. The van der Waals surface area contributed by atoms with Crippen LogP contribution in [0.3, 0.4) is 0 Å². The van der Waals surface area contributed by atoms with Gasteiger partial charge in [0.05, 0.1) is 6.20 Å². The summed E-state index contributed by atoms with van der Waals surface area (Å²) >= 11 is 0. The highest BCUT2D eigenvalue weighted by molar-refractivity contribution is 6.09. The third-order valence-electron chi connectivity index (χ3n) is 4.71. The van der Waals surface area contributed by atoms with E-state index < -0.39 is 11.7 Å². The van der Waals surface area contributed by atoms with Crippen LogP contribution in [0.4, 0.5) is 4.39 Å². The van der Waals surface area contributed by atoms with Crippen LogP contribution in [0.5, 0.6) is 11.6 Å². The molecule has 0 atom stereocenters. The zero-order chi connectivity index (χ0) is 22.3. The predicted octanol–water partition coefficient (Wildman–Crippen LogP) is 5.17. The lowest BCUT2D eigenvalue weighted by molar-refractivity contribution is 0.0946. The van der Waals surface area contributed by atoms with Crippen LogP contribution in [0.1, 0.15) is 31.8 Å². The number of halogens is 1. The highest BCUT2D eigenvalue weighted by Crippen LogP contribution is 2.25. The van der Waals surface area contributed by atoms with Crippen molar-refractivity contribution in [3.05, 3.63) is 125 Å². The largest absolute Gasteiger partial charge is 0.438 e. The van der Waals surface area contributed by atoms with Gasteiger partial charge < -0.3 is 10.1 Å². The molecule has 0 saturated heterocycles. The Hall–Kier alpha value is -4.32. The number of ketones is 1. The SMILES string of the molecule is O=C(c1ccccc1)c1cccc(Oc2ncc(F)cc2C(=O)NCc2ccccc2)c1. The number of benzene rings is 3. The Morgan fingerprint density at radius 3 is 2.28 bits per heavy atom. The smallest absolute Gasteiger partial charge is 0.257 e. The van der Waals surface area contributed by atoms with Crippen molar-refractivity contribution in [2.75, 3.05) is 0 Å². The van der Waals surface area contributed by atoms with Gasteiger partial charge in [0, 0.05) is 17.7 Å².